The Balaban J connectivity index is 1.71. The molecule has 0 spiro atoms. The van der Waals surface area contributed by atoms with Crippen molar-refractivity contribution >= 4 is 34.9 Å². The Morgan fingerprint density at radius 3 is 2.59 bits per heavy atom. The van der Waals surface area contributed by atoms with Gasteiger partial charge >= 0.3 is 0 Å². The van der Waals surface area contributed by atoms with Crippen LogP contribution < -0.4 is 10.9 Å². The SMILES string of the molecule is O=C(/C=C/c1cccc(C(=O)N/N=C\c2cccc3ccccc23)c1)NO. The average molecular weight is 359 g/mol. The minimum atomic E-state index is -0.649. The van der Waals surface area contributed by atoms with Crippen LogP contribution in [0.25, 0.3) is 16.8 Å². The summed E-state index contributed by atoms with van der Waals surface area (Å²) in [4.78, 5) is 23.3. The third kappa shape index (κ3) is 4.65. The molecule has 3 aromatic rings. The van der Waals surface area contributed by atoms with Crippen LogP contribution in [0.4, 0.5) is 0 Å². The Kier molecular flexibility index (Phi) is 5.71. The van der Waals surface area contributed by atoms with E-state index in [4.69, 9.17) is 5.21 Å². The van der Waals surface area contributed by atoms with Crippen LogP contribution in [-0.2, 0) is 4.79 Å². The van der Waals surface area contributed by atoms with Crippen LogP contribution in [0, 0.1) is 0 Å². The molecule has 0 heterocycles. The first kappa shape index (κ1) is 18.0. The van der Waals surface area contributed by atoms with Gasteiger partial charge < -0.3 is 0 Å². The predicted molar refractivity (Wildman–Crippen MR) is 104 cm³/mol. The normalized spacial score (nSPS) is 11.1. The van der Waals surface area contributed by atoms with Crippen LogP contribution in [0.15, 0.2) is 77.9 Å². The van der Waals surface area contributed by atoms with Gasteiger partial charge in [0, 0.05) is 17.2 Å². The van der Waals surface area contributed by atoms with Crippen LogP contribution in [0.1, 0.15) is 21.5 Å². The van der Waals surface area contributed by atoms with E-state index in [2.05, 4.69) is 10.5 Å². The number of carbonyl (C=O) groups is 2. The molecule has 0 unspecified atom stereocenters. The number of hydroxylamine groups is 1. The molecule has 6 nitrogen and oxygen atoms in total. The van der Waals surface area contributed by atoms with Crippen molar-refractivity contribution in [1.29, 1.82) is 0 Å². The van der Waals surface area contributed by atoms with Crippen LogP contribution >= 0.6 is 0 Å². The largest absolute Gasteiger partial charge is 0.288 e. The Morgan fingerprint density at radius 1 is 0.963 bits per heavy atom. The molecule has 0 aliphatic carbocycles. The molecule has 0 aromatic heterocycles. The number of hydrazone groups is 1. The summed E-state index contributed by atoms with van der Waals surface area (Å²) in [6.45, 7) is 0. The summed E-state index contributed by atoms with van der Waals surface area (Å²) in [5.41, 5.74) is 5.95. The molecule has 0 radical (unpaired) electrons. The van der Waals surface area contributed by atoms with E-state index in [9.17, 15) is 9.59 Å². The summed E-state index contributed by atoms with van der Waals surface area (Å²) >= 11 is 0. The number of carbonyl (C=O) groups excluding carboxylic acids is 2. The van der Waals surface area contributed by atoms with Gasteiger partial charge in [-0.3, -0.25) is 14.8 Å². The van der Waals surface area contributed by atoms with Crippen molar-refractivity contribution in [3.8, 4) is 0 Å². The zero-order valence-electron chi connectivity index (χ0n) is 14.3. The summed E-state index contributed by atoms with van der Waals surface area (Å²) in [6, 6.07) is 20.5. The molecule has 27 heavy (non-hydrogen) atoms. The second-order valence-electron chi connectivity index (χ2n) is 5.70. The van der Waals surface area contributed by atoms with E-state index >= 15 is 0 Å². The Labute approximate surface area is 155 Å². The zero-order valence-corrected chi connectivity index (χ0v) is 14.3. The fraction of sp³-hybridized carbons (Fsp3) is 0. The van der Waals surface area contributed by atoms with Gasteiger partial charge in [-0.05, 0) is 34.5 Å². The first-order chi connectivity index (χ1) is 13.2. The second-order valence-corrected chi connectivity index (χ2v) is 5.70. The van der Waals surface area contributed by atoms with Gasteiger partial charge in [-0.2, -0.15) is 5.10 Å². The van der Waals surface area contributed by atoms with Gasteiger partial charge in [0.1, 0.15) is 0 Å². The first-order valence-electron chi connectivity index (χ1n) is 8.21. The van der Waals surface area contributed by atoms with Gasteiger partial charge in [-0.15, -0.1) is 0 Å². The van der Waals surface area contributed by atoms with E-state index in [1.165, 1.54) is 11.6 Å². The molecular formula is C21H17N3O3. The summed E-state index contributed by atoms with van der Waals surface area (Å²) in [6.07, 6.45) is 4.26. The lowest BCUT2D eigenvalue weighted by molar-refractivity contribution is -0.124. The van der Waals surface area contributed by atoms with Gasteiger partial charge in [-0.1, -0.05) is 54.6 Å². The van der Waals surface area contributed by atoms with Crippen LogP contribution in [0.5, 0.6) is 0 Å². The van der Waals surface area contributed by atoms with Gasteiger partial charge in [0.25, 0.3) is 11.8 Å². The lowest BCUT2D eigenvalue weighted by Gasteiger charge is -2.03. The molecule has 134 valence electrons. The predicted octanol–water partition coefficient (Wildman–Crippen LogP) is 3.12. The molecule has 0 fully saturated rings. The van der Waals surface area contributed by atoms with Crippen molar-refractivity contribution in [2.45, 2.75) is 0 Å². The summed E-state index contributed by atoms with van der Waals surface area (Å²) in [7, 11) is 0. The van der Waals surface area contributed by atoms with Gasteiger partial charge in [0.15, 0.2) is 0 Å². The molecule has 0 saturated heterocycles. The molecule has 6 heteroatoms. The number of hydrogen-bond acceptors (Lipinski definition) is 4. The molecule has 0 bridgehead atoms. The fourth-order valence-corrected chi connectivity index (χ4v) is 2.58. The molecule has 3 N–H and O–H groups in total. The molecule has 0 atom stereocenters. The minimum absolute atomic E-state index is 0.367. The van der Waals surface area contributed by atoms with Crippen LogP contribution in [0.3, 0.4) is 0 Å². The maximum atomic E-state index is 12.3. The lowest BCUT2D eigenvalue weighted by Crippen LogP contribution is -2.17. The summed E-state index contributed by atoms with van der Waals surface area (Å²) in [5.74, 6) is -1.02. The summed E-state index contributed by atoms with van der Waals surface area (Å²) < 4.78 is 0. The highest BCUT2D eigenvalue weighted by Crippen LogP contribution is 2.16. The number of hydrogen-bond donors (Lipinski definition) is 3. The smallest absolute Gasteiger partial charge is 0.271 e. The quantitative estimate of drug-likeness (QED) is 0.283. The Hall–Kier alpha value is -3.77. The van der Waals surface area contributed by atoms with Crippen molar-refractivity contribution in [2.75, 3.05) is 0 Å². The number of fused-ring (bicyclic) bond motifs is 1. The molecule has 2 amide bonds. The highest BCUT2D eigenvalue weighted by Gasteiger charge is 2.04. The van der Waals surface area contributed by atoms with Crippen molar-refractivity contribution in [3.63, 3.8) is 0 Å². The topological polar surface area (TPSA) is 90.8 Å². The standard InChI is InChI=1S/C21H17N3O3/c25-20(24-27)12-11-15-5-3-8-17(13-15)21(26)23-22-14-18-9-4-7-16-6-1-2-10-19(16)18/h1-14,27H,(H,23,26)(H,24,25)/b12-11+,22-14-. The molecule has 0 aliphatic heterocycles. The van der Waals surface area contributed by atoms with E-state index in [0.29, 0.717) is 11.1 Å². The number of nitrogens with one attached hydrogen (secondary N) is 2. The van der Waals surface area contributed by atoms with Crippen molar-refractivity contribution in [1.82, 2.24) is 10.9 Å². The number of benzene rings is 3. The van der Waals surface area contributed by atoms with Crippen LogP contribution in [0.2, 0.25) is 0 Å². The van der Waals surface area contributed by atoms with Crippen LogP contribution in [-0.4, -0.2) is 23.2 Å². The maximum Gasteiger partial charge on any atom is 0.271 e. The van der Waals surface area contributed by atoms with Crippen molar-refractivity contribution in [3.05, 3.63) is 89.5 Å². The summed E-state index contributed by atoms with van der Waals surface area (Å²) in [5, 5.41) is 14.7. The number of nitrogens with zero attached hydrogens (tertiary/aromatic N) is 1. The highest BCUT2D eigenvalue weighted by atomic mass is 16.5. The van der Waals surface area contributed by atoms with Crippen molar-refractivity contribution in [2.24, 2.45) is 5.10 Å². The Bertz CT molecular complexity index is 1040. The molecule has 3 aromatic carbocycles. The monoisotopic (exact) mass is 359 g/mol. The maximum absolute atomic E-state index is 12.3. The zero-order chi connectivity index (χ0) is 19.1. The Morgan fingerprint density at radius 2 is 1.74 bits per heavy atom. The second kappa shape index (κ2) is 8.55. The molecular weight excluding hydrogens is 342 g/mol. The van der Waals surface area contributed by atoms with E-state index < -0.39 is 5.91 Å². The van der Waals surface area contributed by atoms with E-state index in [0.717, 1.165) is 22.4 Å². The third-order valence-corrected chi connectivity index (χ3v) is 3.88. The minimum Gasteiger partial charge on any atom is -0.288 e. The third-order valence-electron chi connectivity index (χ3n) is 3.88. The van der Waals surface area contributed by atoms with Gasteiger partial charge in [-0.25, -0.2) is 10.9 Å². The molecule has 3 rings (SSSR count). The van der Waals surface area contributed by atoms with E-state index in [-0.39, 0.29) is 5.91 Å². The highest BCUT2D eigenvalue weighted by molar-refractivity contribution is 6.01. The molecule has 0 saturated carbocycles. The number of rotatable bonds is 5. The van der Waals surface area contributed by atoms with Gasteiger partial charge in [0.05, 0.1) is 6.21 Å². The molecule has 0 aliphatic rings. The van der Waals surface area contributed by atoms with E-state index in [1.807, 2.05) is 42.5 Å². The fourth-order valence-electron chi connectivity index (χ4n) is 2.58. The lowest BCUT2D eigenvalue weighted by atomic mass is 10.1. The van der Waals surface area contributed by atoms with E-state index in [1.54, 1.807) is 30.5 Å². The number of amides is 2. The van der Waals surface area contributed by atoms with Crippen molar-refractivity contribution < 1.29 is 14.8 Å². The van der Waals surface area contributed by atoms with Gasteiger partial charge in [0.2, 0.25) is 0 Å². The average Bonchev–Trinajstić information content (AvgIpc) is 2.72. The first-order valence-corrected chi connectivity index (χ1v) is 8.21.